The number of hydrogen-bond donors (Lipinski definition) is 1. The maximum Gasteiger partial charge on any atom is 0.228 e. The Hall–Kier alpha value is -1.83. The summed E-state index contributed by atoms with van der Waals surface area (Å²) < 4.78 is 0. The molecule has 18 heavy (non-hydrogen) atoms. The fourth-order valence-electron chi connectivity index (χ4n) is 2.75. The first-order chi connectivity index (χ1) is 8.47. The van der Waals surface area contributed by atoms with Crippen LogP contribution in [0, 0.1) is 0 Å². The van der Waals surface area contributed by atoms with E-state index in [1.165, 1.54) is 16.3 Å². The highest BCUT2D eigenvalue weighted by molar-refractivity contribution is 6.10. The monoisotopic (exact) mass is 239 g/mol. The van der Waals surface area contributed by atoms with Crippen LogP contribution in [0.4, 0.5) is 5.69 Å². The fourth-order valence-corrected chi connectivity index (χ4v) is 2.75. The zero-order valence-electron chi connectivity index (χ0n) is 11.0. The Balaban J connectivity index is 2.39. The van der Waals surface area contributed by atoms with Crippen LogP contribution in [0.25, 0.3) is 10.8 Å². The van der Waals surface area contributed by atoms with Crippen LogP contribution in [0.1, 0.15) is 31.9 Å². The molecule has 2 aromatic rings. The minimum atomic E-state index is 0.0820. The van der Waals surface area contributed by atoms with Gasteiger partial charge in [-0.1, -0.05) is 45.0 Å². The number of anilines is 1. The van der Waals surface area contributed by atoms with Crippen LogP contribution in [0.2, 0.25) is 0 Å². The summed E-state index contributed by atoms with van der Waals surface area (Å²) in [5.41, 5.74) is 3.53. The molecule has 1 aliphatic rings. The SMILES string of the molecule is CC(C)(C)c1ccc2c3c(cccc13)NC(=O)C2. The normalized spacial score (nSPS) is 14.7. The lowest BCUT2D eigenvalue weighted by atomic mass is 9.81. The zero-order valence-corrected chi connectivity index (χ0v) is 11.0. The molecule has 0 spiro atoms. The lowest BCUT2D eigenvalue weighted by Gasteiger charge is -2.25. The molecule has 1 heterocycles. The van der Waals surface area contributed by atoms with Crippen molar-refractivity contribution >= 4 is 22.4 Å². The van der Waals surface area contributed by atoms with Crippen LogP contribution in [-0.4, -0.2) is 5.91 Å². The topological polar surface area (TPSA) is 29.1 Å². The van der Waals surface area contributed by atoms with Gasteiger partial charge in [-0.3, -0.25) is 4.79 Å². The van der Waals surface area contributed by atoms with Crippen LogP contribution in [0.3, 0.4) is 0 Å². The molecular formula is C16H17NO. The quantitative estimate of drug-likeness (QED) is 0.747. The molecule has 0 atom stereocenters. The average Bonchev–Trinajstić information content (AvgIpc) is 2.27. The lowest BCUT2D eigenvalue weighted by molar-refractivity contribution is -0.115. The Morgan fingerprint density at radius 1 is 1.11 bits per heavy atom. The summed E-state index contributed by atoms with van der Waals surface area (Å²) in [6.07, 6.45) is 0.484. The average molecular weight is 239 g/mol. The van der Waals surface area contributed by atoms with Gasteiger partial charge in [0.25, 0.3) is 0 Å². The molecule has 3 rings (SSSR count). The van der Waals surface area contributed by atoms with E-state index in [4.69, 9.17) is 0 Å². The molecule has 2 nitrogen and oxygen atoms in total. The second-order valence-electron chi connectivity index (χ2n) is 5.98. The molecule has 1 amide bonds. The van der Waals surface area contributed by atoms with Crippen LogP contribution >= 0.6 is 0 Å². The minimum absolute atomic E-state index is 0.0820. The molecule has 2 aromatic carbocycles. The summed E-state index contributed by atoms with van der Waals surface area (Å²) in [6.45, 7) is 6.66. The number of rotatable bonds is 0. The van der Waals surface area contributed by atoms with Gasteiger partial charge in [-0.05, 0) is 28.0 Å². The summed E-state index contributed by atoms with van der Waals surface area (Å²) in [6, 6.07) is 10.4. The van der Waals surface area contributed by atoms with Crippen molar-refractivity contribution in [1.29, 1.82) is 0 Å². The van der Waals surface area contributed by atoms with Crippen molar-refractivity contribution in [3.05, 3.63) is 41.5 Å². The van der Waals surface area contributed by atoms with Gasteiger partial charge in [0.2, 0.25) is 5.91 Å². The Kier molecular flexibility index (Phi) is 2.24. The van der Waals surface area contributed by atoms with E-state index >= 15 is 0 Å². The Morgan fingerprint density at radius 2 is 1.89 bits per heavy atom. The summed E-state index contributed by atoms with van der Waals surface area (Å²) in [7, 11) is 0. The highest BCUT2D eigenvalue weighted by Crippen LogP contribution is 2.37. The largest absolute Gasteiger partial charge is 0.325 e. The zero-order chi connectivity index (χ0) is 12.9. The lowest BCUT2D eigenvalue weighted by Crippen LogP contribution is -2.20. The third-order valence-electron chi connectivity index (χ3n) is 3.56. The van der Waals surface area contributed by atoms with Gasteiger partial charge >= 0.3 is 0 Å². The molecular weight excluding hydrogens is 222 g/mol. The van der Waals surface area contributed by atoms with Crippen molar-refractivity contribution in [3.63, 3.8) is 0 Å². The van der Waals surface area contributed by atoms with E-state index in [1.807, 2.05) is 12.1 Å². The van der Waals surface area contributed by atoms with E-state index in [0.29, 0.717) is 6.42 Å². The van der Waals surface area contributed by atoms with E-state index in [1.54, 1.807) is 0 Å². The van der Waals surface area contributed by atoms with Crippen molar-refractivity contribution in [3.8, 4) is 0 Å². The van der Waals surface area contributed by atoms with Crippen LogP contribution in [-0.2, 0) is 16.6 Å². The Bertz CT molecular complexity index is 636. The number of carbonyl (C=O) groups excluding carboxylic acids is 1. The first-order valence-electron chi connectivity index (χ1n) is 6.32. The van der Waals surface area contributed by atoms with Gasteiger partial charge in [-0.2, -0.15) is 0 Å². The van der Waals surface area contributed by atoms with Gasteiger partial charge < -0.3 is 5.32 Å². The maximum absolute atomic E-state index is 11.6. The van der Waals surface area contributed by atoms with E-state index in [9.17, 15) is 4.79 Å². The van der Waals surface area contributed by atoms with Crippen molar-refractivity contribution in [1.82, 2.24) is 0 Å². The highest BCUT2D eigenvalue weighted by Gasteiger charge is 2.22. The maximum atomic E-state index is 11.6. The first kappa shape index (κ1) is 11.3. The van der Waals surface area contributed by atoms with Gasteiger partial charge in [0.15, 0.2) is 0 Å². The standard InChI is InChI=1S/C16H17NO/c1-16(2,3)12-8-7-10-9-14(18)17-13-6-4-5-11(12)15(10)13/h4-8H,9H2,1-3H3,(H,17,18). The second-order valence-corrected chi connectivity index (χ2v) is 5.98. The molecule has 92 valence electrons. The Morgan fingerprint density at radius 3 is 2.61 bits per heavy atom. The summed E-state index contributed by atoms with van der Waals surface area (Å²) >= 11 is 0. The third-order valence-corrected chi connectivity index (χ3v) is 3.56. The van der Waals surface area contributed by atoms with E-state index in [-0.39, 0.29) is 11.3 Å². The van der Waals surface area contributed by atoms with Gasteiger partial charge in [-0.25, -0.2) is 0 Å². The fraction of sp³-hybridized carbons (Fsp3) is 0.312. The van der Waals surface area contributed by atoms with Gasteiger partial charge in [0, 0.05) is 11.1 Å². The van der Waals surface area contributed by atoms with Gasteiger partial charge in [0.1, 0.15) is 0 Å². The summed E-state index contributed by atoms with van der Waals surface area (Å²) in [5.74, 6) is 0.0820. The summed E-state index contributed by atoms with van der Waals surface area (Å²) in [4.78, 5) is 11.6. The van der Waals surface area contributed by atoms with Gasteiger partial charge in [0.05, 0.1) is 6.42 Å². The highest BCUT2D eigenvalue weighted by atomic mass is 16.1. The molecule has 0 saturated carbocycles. The van der Waals surface area contributed by atoms with E-state index in [0.717, 1.165) is 11.3 Å². The predicted octanol–water partition coefficient (Wildman–Crippen LogP) is 3.63. The molecule has 1 N–H and O–H groups in total. The number of benzene rings is 2. The van der Waals surface area contributed by atoms with E-state index < -0.39 is 0 Å². The third kappa shape index (κ3) is 1.60. The first-order valence-corrected chi connectivity index (χ1v) is 6.32. The van der Waals surface area contributed by atoms with Crippen molar-refractivity contribution in [2.24, 2.45) is 0 Å². The number of amides is 1. The van der Waals surface area contributed by atoms with Crippen molar-refractivity contribution in [2.75, 3.05) is 5.32 Å². The molecule has 0 saturated heterocycles. The molecule has 0 radical (unpaired) electrons. The molecule has 0 unspecified atom stereocenters. The van der Waals surface area contributed by atoms with Gasteiger partial charge in [-0.15, -0.1) is 0 Å². The van der Waals surface area contributed by atoms with Crippen LogP contribution in [0.5, 0.6) is 0 Å². The molecule has 0 aromatic heterocycles. The van der Waals surface area contributed by atoms with Crippen molar-refractivity contribution in [2.45, 2.75) is 32.6 Å². The Labute approximate surface area is 107 Å². The second kappa shape index (κ2) is 3.58. The van der Waals surface area contributed by atoms with Crippen LogP contribution in [0.15, 0.2) is 30.3 Å². The van der Waals surface area contributed by atoms with Crippen LogP contribution < -0.4 is 5.32 Å². The molecule has 2 heteroatoms. The molecule has 0 bridgehead atoms. The van der Waals surface area contributed by atoms with Crippen molar-refractivity contribution < 1.29 is 4.79 Å². The molecule has 0 fully saturated rings. The van der Waals surface area contributed by atoms with E-state index in [2.05, 4.69) is 44.3 Å². The number of nitrogens with one attached hydrogen (secondary N) is 1. The number of carbonyl (C=O) groups is 1. The number of hydrogen-bond acceptors (Lipinski definition) is 1. The predicted molar refractivity (Wildman–Crippen MR) is 75.0 cm³/mol. The minimum Gasteiger partial charge on any atom is -0.325 e. The smallest absolute Gasteiger partial charge is 0.228 e. The molecule has 1 aliphatic heterocycles. The molecule has 0 aliphatic carbocycles. The summed E-state index contributed by atoms with van der Waals surface area (Å²) in [5, 5.41) is 5.44.